The number of benzene rings is 1. The van der Waals surface area contributed by atoms with Crippen molar-refractivity contribution >= 4 is 11.3 Å². The van der Waals surface area contributed by atoms with E-state index in [4.69, 9.17) is 0 Å². The van der Waals surface area contributed by atoms with Gasteiger partial charge in [0.15, 0.2) is 0 Å². The number of thiophene rings is 1. The third kappa shape index (κ3) is 4.69. The van der Waals surface area contributed by atoms with Crippen LogP contribution < -0.4 is 5.32 Å². The van der Waals surface area contributed by atoms with E-state index in [-0.39, 0.29) is 0 Å². The smallest absolute Gasteiger partial charge is 0.0455 e. The first kappa shape index (κ1) is 16.3. The number of hydrogen-bond donors (Lipinski definition) is 1. The number of nitrogens with one attached hydrogen (secondary N) is 1. The predicted octanol–water partition coefficient (Wildman–Crippen LogP) is 5.16. The van der Waals surface area contributed by atoms with Crippen LogP contribution in [0.2, 0.25) is 0 Å². The standard InChI is InChI=1S/C19H27NS/c1-4-13-20-18(19-12-11-17(6-3)21-19)14-16-9-7-15(5-2)8-10-16/h7-12,18,20H,4-6,13-14H2,1-3H3. The molecule has 2 rings (SSSR count). The van der Waals surface area contributed by atoms with Gasteiger partial charge in [-0.15, -0.1) is 11.3 Å². The summed E-state index contributed by atoms with van der Waals surface area (Å²) in [7, 11) is 0. The van der Waals surface area contributed by atoms with Crippen LogP contribution in [-0.4, -0.2) is 6.54 Å². The van der Waals surface area contributed by atoms with Gasteiger partial charge in [-0.25, -0.2) is 0 Å². The Morgan fingerprint density at radius 3 is 2.19 bits per heavy atom. The topological polar surface area (TPSA) is 12.0 Å². The molecule has 1 aromatic heterocycles. The third-order valence-electron chi connectivity index (χ3n) is 3.89. The summed E-state index contributed by atoms with van der Waals surface area (Å²) >= 11 is 1.96. The molecule has 0 aliphatic carbocycles. The van der Waals surface area contributed by atoms with E-state index in [2.05, 4.69) is 62.5 Å². The molecule has 2 heteroatoms. The highest BCUT2D eigenvalue weighted by molar-refractivity contribution is 7.12. The molecule has 114 valence electrons. The van der Waals surface area contributed by atoms with Crippen molar-refractivity contribution in [2.45, 2.75) is 52.5 Å². The molecule has 0 amide bonds. The summed E-state index contributed by atoms with van der Waals surface area (Å²) in [6, 6.07) is 14.1. The van der Waals surface area contributed by atoms with Crippen LogP contribution in [0.5, 0.6) is 0 Å². The van der Waals surface area contributed by atoms with Crippen molar-refractivity contribution < 1.29 is 0 Å². The van der Waals surface area contributed by atoms with Gasteiger partial charge in [0.2, 0.25) is 0 Å². The summed E-state index contributed by atoms with van der Waals surface area (Å²) in [5.41, 5.74) is 2.84. The molecule has 1 aromatic carbocycles. The lowest BCUT2D eigenvalue weighted by Gasteiger charge is -2.17. The third-order valence-corrected chi connectivity index (χ3v) is 5.23. The second kappa shape index (κ2) is 8.35. The molecule has 1 unspecified atom stereocenters. The summed E-state index contributed by atoms with van der Waals surface area (Å²) in [5, 5.41) is 3.71. The van der Waals surface area contributed by atoms with E-state index >= 15 is 0 Å². The SMILES string of the molecule is CCCNC(Cc1ccc(CC)cc1)c1ccc(CC)s1. The summed E-state index contributed by atoms with van der Waals surface area (Å²) in [6.45, 7) is 7.75. The molecule has 0 fully saturated rings. The van der Waals surface area contributed by atoms with Crippen LogP contribution in [0, 0.1) is 0 Å². The molecule has 1 N–H and O–H groups in total. The van der Waals surface area contributed by atoms with E-state index < -0.39 is 0 Å². The van der Waals surface area contributed by atoms with E-state index in [1.54, 1.807) is 0 Å². The average Bonchev–Trinajstić information content (AvgIpc) is 3.01. The fourth-order valence-electron chi connectivity index (χ4n) is 2.51. The maximum absolute atomic E-state index is 3.71. The normalized spacial score (nSPS) is 12.5. The average molecular weight is 301 g/mol. The van der Waals surface area contributed by atoms with E-state index in [0.29, 0.717) is 6.04 Å². The minimum atomic E-state index is 0.447. The van der Waals surface area contributed by atoms with Gasteiger partial charge in [0.05, 0.1) is 0 Å². The molecule has 0 saturated heterocycles. The molecule has 0 bridgehead atoms. The minimum absolute atomic E-state index is 0.447. The molecule has 0 radical (unpaired) electrons. The Morgan fingerprint density at radius 2 is 1.62 bits per heavy atom. The van der Waals surface area contributed by atoms with Crippen molar-refractivity contribution in [1.82, 2.24) is 5.32 Å². The largest absolute Gasteiger partial charge is 0.309 e. The zero-order chi connectivity index (χ0) is 15.1. The summed E-state index contributed by atoms with van der Waals surface area (Å²) in [5.74, 6) is 0. The lowest BCUT2D eigenvalue weighted by molar-refractivity contribution is 0.536. The lowest BCUT2D eigenvalue weighted by atomic mass is 10.0. The van der Waals surface area contributed by atoms with Gasteiger partial charge in [-0.1, -0.05) is 45.0 Å². The number of aryl methyl sites for hydroxylation is 2. The summed E-state index contributed by atoms with van der Waals surface area (Å²) in [4.78, 5) is 2.95. The molecule has 0 spiro atoms. The highest BCUT2D eigenvalue weighted by atomic mass is 32.1. The Hall–Kier alpha value is -1.12. The molecule has 1 atom stereocenters. The van der Waals surface area contributed by atoms with Crippen LogP contribution in [0.1, 0.15) is 54.1 Å². The predicted molar refractivity (Wildman–Crippen MR) is 94.3 cm³/mol. The second-order valence-corrected chi connectivity index (χ2v) is 6.74. The molecular formula is C19H27NS. The van der Waals surface area contributed by atoms with Gasteiger partial charge < -0.3 is 5.32 Å². The Balaban J connectivity index is 2.10. The second-order valence-electron chi connectivity index (χ2n) is 5.54. The van der Waals surface area contributed by atoms with Gasteiger partial charge in [0, 0.05) is 15.8 Å². The zero-order valence-electron chi connectivity index (χ0n) is 13.5. The van der Waals surface area contributed by atoms with Crippen LogP contribution >= 0.6 is 11.3 Å². The first-order chi connectivity index (χ1) is 10.3. The highest BCUT2D eigenvalue weighted by Crippen LogP contribution is 2.26. The van der Waals surface area contributed by atoms with E-state index in [9.17, 15) is 0 Å². The van der Waals surface area contributed by atoms with E-state index in [1.165, 1.54) is 27.3 Å². The van der Waals surface area contributed by atoms with Crippen LogP contribution in [0.3, 0.4) is 0 Å². The van der Waals surface area contributed by atoms with Crippen molar-refractivity contribution in [1.29, 1.82) is 0 Å². The first-order valence-electron chi connectivity index (χ1n) is 8.16. The van der Waals surface area contributed by atoms with Crippen molar-refractivity contribution in [3.63, 3.8) is 0 Å². The maximum Gasteiger partial charge on any atom is 0.0455 e. The Bertz CT molecular complexity index is 527. The quantitative estimate of drug-likeness (QED) is 0.710. The fraction of sp³-hybridized carbons (Fsp3) is 0.474. The van der Waals surface area contributed by atoms with Gasteiger partial charge in [0.25, 0.3) is 0 Å². The molecule has 21 heavy (non-hydrogen) atoms. The van der Waals surface area contributed by atoms with Crippen molar-refractivity contribution in [3.8, 4) is 0 Å². The lowest BCUT2D eigenvalue weighted by Crippen LogP contribution is -2.23. The molecule has 0 aliphatic heterocycles. The number of hydrogen-bond acceptors (Lipinski definition) is 2. The van der Waals surface area contributed by atoms with Crippen LogP contribution in [0.4, 0.5) is 0 Å². The van der Waals surface area contributed by atoms with Crippen LogP contribution in [0.25, 0.3) is 0 Å². The molecule has 2 aromatic rings. The Kier molecular flexibility index (Phi) is 6.47. The van der Waals surface area contributed by atoms with E-state index in [1.807, 2.05) is 11.3 Å². The molecular weight excluding hydrogens is 274 g/mol. The van der Waals surface area contributed by atoms with Crippen LogP contribution in [-0.2, 0) is 19.3 Å². The van der Waals surface area contributed by atoms with Gasteiger partial charge in [-0.3, -0.25) is 0 Å². The minimum Gasteiger partial charge on any atom is -0.309 e. The summed E-state index contributed by atoms with van der Waals surface area (Å²) < 4.78 is 0. The van der Waals surface area contributed by atoms with Gasteiger partial charge in [-0.2, -0.15) is 0 Å². The van der Waals surface area contributed by atoms with Crippen molar-refractivity contribution in [3.05, 3.63) is 57.3 Å². The highest BCUT2D eigenvalue weighted by Gasteiger charge is 2.13. The van der Waals surface area contributed by atoms with Gasteiger partial charge in [0.1, 0.15) is 0 Å². The van der Waals surface area contributed by atoms with Crippen molar-refractivity contribution in [2.24, 2.45) is 0 Å². The van der Waals surface area contributed by atoms with Gasteiger partial charge in [-0.05, 0) is 55.5 Å². The van der Waals surface area contributed by atoms with Crippen molar-refractivity contribution in [2.75, 3.05) is 6.54 Å². The zero-order valence-corrected chi connectivity index (χ0v) is 14.3. The number of rotatable bonds is 8. The molecule has 1 heterocycles. The molecule has 0 saturated carbocycles. The maximum atomic E-state index is 3.71. The monoisotopic (exact) mass is 301 g/mol. The van der Waals surface area contributed by atoms with Gasteiger partial charge >= 0.3 is 0 Å². The fourth-order valence-corrected chi connectivity index (χ4v) is 3.54. The Morgan fingerprint density at radius 1 is 0.905 bits per heavy atom. The Labute approximate surface area is 133 Å². The molecule has 0 aliphatic rings. The first-order valence-corrected chi connectivity index (χ1v) is 8.98. The summed E-state index contributed by atoms with van der Waals surface area (Å²) in [6.07, 6.45) is 4.50. The van der Waals surface area contributed by atoms with E-state index in [0.717, 1.165) is 25.8 Å². The van der Waals surface area contributed by atoms with Crippen LogP contribution in [0.15, 0.2) is 36.4 Å². The molecule has 1 nitrogen and oxygen atoms in total.